The van der Waals surface area contributed by atoms with Gasteiger partial charge < -0.3 is 4.74 Å². The van der Waals surface area contributed by atoms with Gasteiger partial charge in [0.25, 0.3) is 0 Å². The molecule has 0 aliphatic carbocycles. The lowest BCUT2D eigenvalue weighted by atomic mass is 10.2. The van der Waals surface area contributed by atoms with Crippen LogP contribution in [-0.4, -0.2) is 40.8 Å². The molecule has 0 atom stereocenters. The van der Waals surface area contributed by atoms with Crippen molar-refractivity contribution in [3.05, 3.63) is 54.1 Å². The molecule has 1 saturated heterocycles. The first kappa shape index (κ1) is 20.8. The van der Waals surface area contributed by atoms with Crippen LogP contribution in [0.15, 0.2) is 58.3 Å². The smallest absolute Gasteiger partial charge is 0.243 e. The largest absolute Gasteiger partial charge is 0.494 e. The molecule has 0 spiro atoms. The number of hydrogen-bond donors (Lipinski definition) is 1. The second-order valence-corrected chi connectivity index (χ2v) is 10.2. The molecular formula is C19H24N2O5S2. The zero-order valence-electron chi connectivity index (χ0n) is 15.7. The molecule has 1 heterocycles. The average Bonchev–Trinajstić information content (AvgIpc) is 3.23. The number of nitrogens with zero attached hydrogens (tertiary/aromatic N) is 1. The fourth-order valence-corrected chi connectivity index (χ4v) is 5.54. The van der Waals surface area contributed by atoms with Gasteiger partial charge in [0.15, 0.2) is 0 Å². The highest BCUT2D eigenvalue weighted by Crippen LogP contribution is 2.21. The summed E-state index contributed by atoms with van der Waals surface area (Å²) in [6.07, 6.45) is 1.76. The summed E-state index contributed by atoms with van der Waals surface area (Å²) in [6, 6.07) is 12.5. The minimum atomic E-state index is -3.67. The molecule has 28 heavy (non-hydrogen) atoms. The predicted molar refractivity (Wildman–Crippen MR) is 106 cm³/mol. The highest BCUT2D eigenvalue weighted by molar-refractivity contribution is 7.89. The molecule has 3 rings (SSSR count). The van der Waals surface area contributed by atoms with Crippen LogP contribution >= 0.6 is 0 Å². The van der Waals surface area contributed by atoms with Gasteiger partial charge in [-0.2, -0.15) is 4.31 Å². The van der Waals surface area contributed by atoms with Crippen molar-refractivity contribution in [2.45, 2.75) is 36.1 Å². The fourth-order valence-electron chi connectivity index (χ4n) is 3.00. The molecule has 1 N–H and O–H groups in total. The predicted octanol–water partition coefficient (Wildman–Crippen LogP) is 2.35. The van der Waals surface area contributed by atoms with Crippen molar-refractivity contribution in [1.82, 2.24) is 9.03 Å². The topological polar surface area (TPSA) is 92.8 Å². The second-order valence-electron chi connectivity index (χ2n) is 6.48. The van der Waals surface area contributed by atoms with Crippen LogP contribution in [0.3, 0.4) is 0 Å². The molecule has 2 aromatic rings. The van der Waals surface area contributed by atoms with Crippen LogP contribution in [0.25, 0.3) is 0 Å². The number of hydrogen-bond acceptors (Lipinski definition) is 5. The van der Waals surface area contributed by atoms with E-state index in [-0.39, 0.29) is 16.3 Å². The molecule has 7 nitrogen and oxygen atoms in total. The van der Waals surface area contributed by atoms with Gasteiger partial charge in [0.2, 0.25) is 20.0 Å². The summed E-state index contributed by atoms with van der Waals surface area (Å²) in [4.78, 5) is 0.372. The van der Waals surface area contributed by atoms with E-state index in [1.807, 2.05) is 6.92 Å². The van der Waals surface area contributed by atoms with Crippen molar-refractivity contribution in [3.63, 3.8) is 0 Å². The lowest BCUT2D eigenvalue weighted by Crippen LogP contribution is -2.28. The Morgan fingerprint density at radius 3 is 2.04 bits per heavy atom. The molecule has 0 radical (unpaired) electrons. The Hall–Kier alpha value is -1.94. The van der Waals surface area contributed by atoms with E-state index >= 15 is 0 Å². The van der Waals surface area contributed by atoms with Crippen LogP contribution in [-0.2, 0) is 26.6 Å². The maximum atomic E-state index is 12.5. The van der Waals surface area contributed by atoms with Gasteiger partial charge in [-0.25, -0.2) is 21.6 Å². The zero-order chi connectivity index (χ0) is 20.2. The Labute approximate surface area is 166 Å². The minimum Gasteiger partial charge on any atom is -0.494 e. The van der Waals surface area contributed by atoms with Crippen molar-refractivity contribution in [2.24, 2.45) is 0 Å². The van der Waals surface area contributed by atoms with Gasteiger partial charge in [-0.15, -0.1) is 0 Å². The molecule has 1 fully saturated rings. The Balaban J connectivity index is 1.65. The average molecular weight is 425 g/mol. The van der Waals surface area contributed by atoms with E-state index in [2.05, 4.69) is 4.72 Å². The Morgan fingerprint density at radius 2 is 1.46 bits per heavy atom. The molecule has 0 unspecified atom stereocenters. The van der Waals surface area contributed by atoms with E-state index in [1.54, 1.807) is 24.3 Å². The normalized spacial score (nSPS) is 15.6. The third-order valence-electron chi connectivity index (χ3n) is 4.54. The zero-order valence-corrected chi connectivity index (χ0v) is 17.3. The molecule has 9 heteroatoms. The van der Waals surface area contributed by atoms with E-state index in [0.29, 0.717) is 31.0 Å². The van der Waals surface area contributed by atoms with Crippen molar-refractivity contribution >= 4 is 20.0 Å². The van der Waals surface area contributed by atoms with Gasteiger partial charge in [0.1, 0.15) is 5.75 Å². The first-order valence-electron chi connectivity index (χ1n) is 9.14. The summed E-state index contributed by atoms with van der Waals surface area (Å²) < 4.78 is 59.2. The summed E-state index contributed by atoms with van der Waals surface area (Å²) in [7, 11) is -7.14. The lowest BCUT2D eigenvalue weighted by molar-refractivity contribution is 0.340. The van der Waals surface area contributed by atoms with Crippen LogP contribution in [0.2, 0.25) is 0 Å². The van der Waals surface area contributed by atoms with Crippen LogP contribution in [0, 0.1) is 0 Å². The van der Waals surface area contributed by atoms with Crippen LogP contribution in [0.5, 0.6) is 5.75 Å². The number of sulfonamides is 2. The van der Waals surface area contributed by atoms with Crippen molar-refractivity contribution in [2.75, 3.05) is 19.7 Å². The van der Waals surface area contributed by atoms with E-state index in [1.165, 1.54) is 28.6 Å². The van der Waals surface area contributed by atoms with Gasteiger partial charge in [0.05, 0.1) is 16.4 Å². The monoisotopic (exact) mass is 424 g/mol. The van der Waals surface area contributed by atoms with Crippen molar-refractivity contribution in [3.8, 4) is 5.75 Å². The minimum absolute atomic E-state index is 0.0690. The quantitative estimate of drug-likeness (QED) is 0.702. The van der Waals surface area contributed by atoms with Crippen molar-refractivity contribution < 1.29 is 21.6 Å². The summed E-state index contributed by atoms with van der Waals surface area (Å²) in [5.74, 6) is 0.608. The molecule has 1 aliphatic heterocycles. The molecule has 152 valence electrons. The molecule has 0 amide bonds. The van der Waals surface area contributed by atoms with Gasteiger partial charge in [0, 0.05) is 19.6 Å². The lowest BCUT2D eigenvalue weighted by Gasteiger charge is -2.15. The van der Waals surface area contributed by atoms with E-state index in [0.717, 1.165) is 12.8 Å². The maximum absolute atomic E-state index is 12.5. The Morgan fingerprint density at radius 1 is 0.893 bits per heavy atom. The van der Waals surface area contributed by atoms with Crippen molar-refractivity contribution in [1.29, 1.82) is 0 Å². The maximum Gasteiger partial charge on any atom is 0.243 e. The van der Waals surface area contributed by atoms with Crippen LogP contribution in [0.4, 0.5) is 0 Å². The number of ether oxygens (including phenoxy) is 1. The number of nitrogens with one attached hydrogen (secondary N) is 1. The molecule has 2 aromatic carbocycles. The summed E-state index contributed by atoms with van der Waals surface area (Å²) in [6.45, 7) is 3.53. The molecule has 0 saturated carbocycles. The number of rotatable bonds is 8. The van der Waals surface area contributed by atoms with Gasteiger partial charge in [-0.1, -0.05) is 12.1 Å². The Kier molecular flexibility index (Phi) is 6.39. The third kappa shape index (κ3) is 4.72. The van der Waals surface area contributed by atoms with E-state index in [4.69, 9.17) is 4.74 Å². The molecule has 0 aromatic heterocycles. The summed E-state index contributed by atoms with van der Waals surface area (Å²) in [5.41, 5.74) is 0.676. The van der Waals surface area contributed by atoms with E-state index < -0.39 is 20.0 Å². The van der Waals surface area contributed by atoms with Crippen LogP contribution < -0.4 is 9.46 Å². The molecule has 1 aliphatic rings. The second kappa shape index (κ2) is 8.60. The summed E-state index contributed by atoms with van der Waals surface area (Å²) >= 11 is 0. The molecule has 0 bridgehead atoms. The highest BCUT2D eigenvalue weighted by atomic mass is 32.2. The van der Waals surface area contributed by atoms with E-state index in [9.17, 15) is 16.8 Å². The summed E-state index contributed by atoms with van der Waals surface area (Å²) in [5, 5.41) is 0. The molecular weight excluding hydrogens is 400 g/mol. The van der Waals surface area contributed by atoms with Gasteiger partial charge in [-0.05, 0) is 61.7 Å². The Bertz CT molecular complexity index is 995. The highest BCUT2D eigenvalue weighted by Gasteiger charge is 2.26. The SMILES string of the molecule is CCOc1ccc(S(=O)(=O)NCc2ccc(S(=O)(=O)N3CCCC3)cc2)cc1. The third-order valence-corrected chi connectivity index (χ3v) is 7.87. The number of benzene rings is 2. The first-order chi connectivity index (χ1) is 13.3. The first-order valence-corrected chi connectivity index (χ1v) is 12.1. The fraction of sp³-hybridized carbons (Fsp3) is 0.368. The van der Waals surface area contributed by atoms with Crippen LogP contribution in [0.1, 0.15) is 25.3 Å². The standard InChI is InChI=1S/C19H24N2O5S2/c1-2-26-17-7-11-18(12-8-17)27(22,23)20-15-16-5-9-19(10-6-16)28(24,25)21-13-3-4-14-21/h5-12,20H,2-4,13-15H2,1H3. The van der Waals surface area contributed by atoms with Gasteiger partial charge in [-0.3, -0.25) is 0 Å². The van der Waals surface area contributed by atoms with Gasteiger partial charge >= 0.3 is 0 Å².